The number of aryl methyl sites for hydroxylation is 1. The van der Waals surface area contributed by atoms with Gasteiger partial charge >= 0.3 is 0 Å². The minimum absolute atomic E-state index is 0.207. The predicted octanol–water partition coefficient (Wildman–Crippen LogP) is 2.00. The number of aromatic amines is 1. The molecule has 0 aliphatic carbocycles. The molecule has 0 atom stereocenters. The zero-order valence-electron chi connectivity index (χ0n) is 11.1. The largest absolute Gasteiger partial charge is 0.486 e. The third-order valence-electron chi connectivity index (χ3n) is 3.14. The van der Waals surface area contributed by atoms with Crippen LogP contribution in [-0.2, 0) is 6.42 Å². The summed E-state index contributed by atoms with van der Waals surface area (Å²) in [6.45, 7) is 3.04. The van der Waals surface area contributed by atoms with Gasteiger partial charge in [0.15, 0.2) is 11.5 Å². The Labute approximate surface area is 116 Å². The first-order chi connectivity index (χ1) is 9.78. The number of nitrogens with one attached hydrogen (secondary N) is 2. The van der Waals surface area contributed by atoms with E-state index in [-0.39, 0.29) is 5.91 Å². The number of carbonyl (C=O) groups is 1. The zero-order valence-corrected chi connectivity index (χ0v) is 11.1. The summed E-state index contributed by atoms with van der Waals surface area (Å²) in [7, 11) is 0. The van der Waals surface area contributed by atoms with Gasteiger partial charge in [-0.15, -0.1) is 0 Å². The summed E-state index contributed by atoms with van der Waals surface area (Å²) in [6.07, 6.45) is 2.51. The molecular formula is C14H15N3O3. The van der Waals surface area contributed by atoms with Crippen LogP contribution in [0.25, 0.3) is 0 Å². The molecule has 6 heteroatoms. The van der Waals surface area contributed by atoms with Crippen molar-refractivity contribution in [2.24, 2.45) is 0 Å². The highest BCUT2D eigenvalue weighted by atomic mass is 16.6. The van der Waals surface area contributed by atoms with E-state index >= 15 is 0 Å². The van der Waals surface area contributed by atoms with Gasteiger partial charge in [-0.25, -0.2) is 0 Å². The molecule has 6 nitrogen and oxygen atoms in total. The molecule has 1 aromatic carbocycles. The van der Waals surface area contributed by atoms with Gasteiger partial charge in [0, 0.05) is 11.1 Å². The molecule has 2 aromatic rings. The summed E-state index contributed by atoms with van der Waals surface area (Å²) >= 11 is 0. The lowest BCUT2D eigenvalue weighted by atomic mass is 10.1. The van der Waals surface area contributed by atoms with Crippen LogP contribution >= 0.6 is 0 Å². The maximum Gasteiger partial charge on any atom is 0.256 e. The summed E-state index contributed by atoms with van der Waals surface area (Å²) in [5, 5.41) is 9.52. The topological polar surface area (TPSA) is 76.2 Å². The van der Waals surface area contributed by atoms with E-state index in [0.29, 0.717) is 36.1 Å². The maximum atomic E-state index is 12.2. The molecule has 1 aliphatic heterocycles. The van der Waals surface area contributed by atoms with Gasteiger partial charge in [0.25, 0.3) is 5.91 Å². The molecule has 0 spiro atoms. The molecule has 2 heterocycles. The molecular weight excluding hydrogens is 258 g/mol. The van der Waals surface area contributed by atoms with Gasteiger partial charge in [-0.05, 0) is 24.6 Å². The van der Waals surface area contributed by atoms with Crippen molar-refractivity contribution in [3.8, 4) is 11.5 Å². The summed E-state index contributed by atoms with van der Waals surface area (Å²) in [4.78, 5) is 12.2. The van der Waals surface area contributed by atoms with Crippen LogP contribution in [0.2, 0.25) is 0 Å². The number of anilines is 1. The fourth-order valence-electron chi connectivity index (χ4n) is 2.06. The van der Waals surface area contributed by atoms with Crippen LogP contribution in [0.15, 0.2) is 24.4 Å². The Kier molecular flexibility index (Phi) is 3.28. The lowest BCUT2D eigenvalue weighted by Crippen LogP contribution is -2.17. The van der Waals surface area contributed by atoms with Crippen molar-refractivity contribution in [3.63, 3.8) is 0 Å². The summed E-state index contributed by atoms with van der Waals surface area (Å²) in [6, 6.07) is 5.15. The van der Waals surface area contributed by atoms with Crippen LogP contribution in [-0.4, -0.2) is 29.3 Å². The van der Waals surface area contributed by atoms with Crippen LogP contribution in [0.5, 0.6) is 11.5 Å². The lowest BCUT2D eigenvalue weighted by molar-refractivity contribution is 0.102. The van der Waals surface area contributed by atoms with Gasteiger partial charge in [0.2, 0.25) is 0 Å². The maximum absolute atomic E-state index is 12.2. The Bertz CT molecular complexity index is 636. The van der Waals surface area contributed by atoms with E-state index in [0.717, 1.165) is 12.0 Å². The number of hydrogen-bond acceptors (Lipinski definition) is 4. The minimum Gasteiger partial charge on any atom is -0.486 e. The van der Waals surface area contributed by atoms with E-state index in [2.05, 4.69) is 15.5 Å². The highest BCUT2D eigenvalue weighted by molar-refractivity contribution is 6.04. The predicted molar refractivity (Wildman–Crippen MR) is 73.4 cm³/mol. The van der Waals surface area contributed by atoms with Crippen molar-refractivity contribution in [2.45, 2.75) is 13.3 Å². The van der Waals surface area contributed by atoms with E-state index in [1.165, 1.54) is 0 Å². The lowest BCUT2D eigenvalue weighted by Gasteiger charge is -2.18. The Morgan fingerprint density at radius 3 is 2.95 bits per heavy atom. The first-order valence-electron chi connectivity index (χ1n) is 6.51. The van der Waals surface area contributed by atoms with Gasteiger partial charge in [-0.2, -0.15) is 5.10 Å². The highest BCUT2D eigenvalue weighted by Crippen LogP contribution is 2.31. The SMILES string of the molecule is CCc1cn[nH]c1NC(=O)c1ccc2c(c1)OCCO2. The van der Waals surface area contributed by atoms with Crippen LogP contribution < -0.4 is 14.8 Å². The molecule has 0 unspecified atom stereocenters. The van der Waals surface area contributed by atoms with Gasteiger partial charge in [0.1, 0.15) is 19.0 Å². The minimum atomic E-state index is -0.207. The number of ether oxygens (including phenoxy) is 2. The zero-order chi connectivity index (χ0) is 13.9. The molecule has 104 valence electrons. The molecule has 0 radical (unpaired) electrons. The summed E-state index contributed by atoms with van der Waals surface area (Å²) < 4.78 is 10.9. The number of nitrogens with zero attached hydrogens (tertiary/aromatic N) is 1. The average Bonchev–Trinajstić information content (AvgIpc) is 2.94. The molecule has 3 rings (SSSR count). The molecule has 0 fully saturated rings. The fourth-order valence-corrected chi connectivity index (χ4v) is 2.06. The Hall–Kier alpha value is -2.50. The molecule has 20 heavy (non-hydrogen) atoms. The third kappa shape index (κ3) is 2.32. The number of carbonyl (C=O) groups excluding carboxylic acids is 1. The van der Waals surface area contributed by atoms with Crippen LogP contribution in [0.4, 0.5) is 5.82 Å². The van der Waals surface area contributed by atoms with Crippen molar-refractivity contribution < 1.29 is 14.3 Å². The number of amides is 1. The standard InChI is InChI=1S/C14H15N3O3/c1-2-9-8-15-17-13(9)16-14(18)10-3-4-11-12(7-10)20-6-5-19-11/h3-4,7-8H,2,5-6H2,1H3,(H2,15,16,17,18). The second-order valence-electron chi connectivity index (χ2n) is 4.44. The number of aromatic nitrogens is 2. The van der Waals surface area contributed by atoms with Crippen molar-refractivity contribution in [3.05, 3.63) is 35.5 Å². The Morgan fingerprint density at radius 2 is 2.15 bits per heavy atom. The Morgan fingerprint density at radius 1 is 1.35 bits per heavy atom. The molecule has 1 amide bonds. The quantitative estimate of drug-likeness (QED) is 0.896. The number of H-pyrrole nitrogens is 1. The first-order valence-corrected chi connectivity index (χ1v) is 6.51. The first kappa shape index (κ1) is 12.5. The monoisotopic (exact) mass is 273 g/mol. The molecule has 2 N–H and O–H groups in total. The van der Waals surface area contributed by atoms with E-state index in [1.54, 1.807) is 24.4 Å². The third-order valence-corrected chi connectivity index (χ3v) is 3.14. The number of hydrogen-bond donors (Lipinski definition) is 2. The number of fused-ring (bicyclic) bond motifs is 1. The number of benzene rings is 1. The Balaban J connectivity index is 1.80. The van der Waals surface area contributed by atoms with E-state index in [1.807, 2.05) is 6.92 Å². The van der Waals surface area contributed by atoms with Crippen molar-refractivity contribution in [1.82, 2.24) is 10.2 Å². The van der Waals surface area contributed by atoms with Crippen LogP contribution in [0.1, 0.15) is 22.8 Å². The van der Waals surface area contributed by atoms with E-state index < -0.39 is 0 Å². The summed E-state index contributed by atoms with van der Waals surface area (Å²) in [5.74, 6) is 1.70. The average molecular weight is 273 g/mol. The van der Waals surface area contributed by atoms with Crippen molar-refractivity contribution >= 4 is 11.7 Å². The van der Waals surface area contributed by atoms with Gasteiger partial charge < -0.3 is 14.8 Å². The van der Waals surface area contributed by atoms with Crippen molar-refractivity contribution in [2.75, 3.05) is 18.5 Å². The number of rotatable bonds is 3. The van der Waals surface area contributed by atoms with E-state index in [4.69, 9.17) is 9.47 Å². The second kappa shape index (κ2) is 5.24. The van der Waals surface area contributed by atoms with Gasteiger partial charge in [0.05, 0.1) is 6.20 Å². The van der Waals surface area contributed by atoms with Crippen LogP contribution in [0, 0.1) is 0 Å². The molecule has 0 saturated heterocycles. The van der Waals surface area contributed by atoms with E-state index in [9.17, 15) is 4.79 Å². The summed E-state index contributed by atoms with van der Waals surface area (Å²) in [5.41, 5.74) is 1.49. The van der Waals surface area contributed by atoms with Gasteiger partial charge in [-0.1, -0.05) is 6.92 Å². The van der Waals surface area contributed by atoms with Gasteiger partial charge in [-0.3, -0.25) is 9.89 Å². The second-order valence-corrected chi connectivity index (χ2v) is 4.44. The molecule has 0 bridgehead atoms. The normalized spacial score (nSPS) is 13.1. The van der Waals surface area contributed by atoms with Crippen molar-refractivity contribution in [1.29, 1.82) is 0 Å². The molecule has 1 aromatic heterocycles. The highest BCUT2D eigenvalue weighted by Gasteiger charge is 2.16. The fraction of sp³-hybridized carbons (Fsp3) is 0.286. The molecule has 0 saturated carbocycles. The molecule has 1 aliphatic rings. The smallest absolute Gasteiger partial charge is 0.256 e. The van der Waals surface area contributed by atoms with Crippen LogP contribution in [0.3, 0.4) is 0 Å².